The largest absolute Gasteiger partial charge is 0.491 e. The van der Waals surface area contributed by atoms with E-state index in [0.717, 1.165) is 19.6 Å². The summed E-state index contributed by atoms with van der Waals surface area (Å²) in [5, 5.41) is 9.26. The number of piperidine rings is 1. The van der Waals surface area contributed by atoms with E-state index in [2.05, 4.69) is 4.90 Å². The van der Waals surface area contributed by atoms with E-state index < -0.39 is 5.97 Å². The van der Waals surface area contributed by atoms with Gasteiger partial charge in [0.05, 0.1) is 0 Å². The molecule has 1 N–H and O–H groups in total. The summed E-state index contributed by atoms with van der Waals surface area (Å²) in [4.78, 5) is 13.6. The molecule has 1 saturated heterocycles. The first-order chi connectivity index (χ1) is 10.2. The minimum Gasteiger partial charge on any atom is -0.491 e. The Kier molecular flexibility index (Phi) is 4.15. The van der Waals surface area contributed by atoms with Crippen LogP contribution in [0.25, 0.3) is 0 Å². The third-order valence-electron chi connectivity index (χ3n) is 3.82. The summed E-state index contributed by atoms with van der Waals surface area (Å²) in [6.45, 7) is 3.59. The van der Waals surface area contributed by atoms with Crippen LogP contribution >= 0.6 is 0 Å². The highest BCUT2D eigenvalue weighted by atomic mass is 16.7. The maximum absolute atomic E-state index is 11.3. The number of carbonyl (C=O) groups is 1. The molecule has 0 unspecified atom stereocenters. The molecule has 2 aliphatic heterocycles. The van der Waals surface area contributed by atoms with Gasteiger partial charge in [0.15, 0.2) is 11.5 Å². The fraction of sp³-hybridized carbons (Fsp3) is 0.533. The van der Waals surface area contributed by atoms with E-state index in [0.29, 0.717) is 23.9 Å². The van der Waals surface area contributed by atoms with Gasteiger partial charge in [0.2, 0.25) is 6.79 Å². The van der Waals surface area contributed by atoms with Crippen molar-refractivity contribution in [1.82, 2.24) is 4.90 Å². The number of hydrogen-bond donors (Lipinski definition) is 1. The number of fused-ring (bicyclic) bond motifs is 1. The van der Waals surface area contributed by atoms with E-state index in [1.807, 2.05) is 0 Å². The monoisotopic (exact) mass is 293 g/mol. The third kappa shape index (κ3) is 3.21. The summed E-state index contributed by atoms with van der Waals surface area (Å²) >= 11 is 0. The van der Waals surface area contributed by atoms with Gasteiger partial charge in [0.25, 0.3) is 0 Å². The standard InChI is InChI=1S/C15H19NO5/c17-15(18)11-8-13-14(21-10-20-13)9-12(11)19-7-6-16-4-2-1-3-5-16/h8-9H,1-7,10H2,(H,17,18). The Morgan fingerprint density at radius 1 is 1.19 bits per heavy atom. The molecule has 21 heavy (non-hydrogen) atoms. The van der Waals surface area contributed by atoms with Crippen LogP contribution in [-0.2, 0) is 0 Å². The van der Waals surface area contributed by atoms with Gasteiger partial charge in [0.1, 0.15) is 17.9 Å². The van der Waals surface area contributed by atoms with Crippen molar-refractivity contribution in [2.24, 2.45) is 0 Å². The van der Waals surface area contributed by atoms with Crippen LogP contribution in [0.15, 0.2) is 12.1 Å². The van der Waals surface area contributed by atoms with Crippen molar-refractivity contribution in [3.63, 3.8) is 0 Å². The van der Waals surface area contributed by atoms with E-state index in [4.69, 9.17) is 14.2 Å². The number of benzene rings is 1. The highest BCUT2D eigenvalue weighted by Gasteiger charge is 2.21. The van der Waals surface area contributed by atoms with Crippen LogP contribution in [0, 0.1) is 0 Å². The Bertz CT molecular complexity index is 525. The molecular weight excluding hydrogens is 274 g/mol. The fourth-order valence-electron chi connectivity index (χ4n) is 2.68. The Morgan fingerprint density at radius 3 is 2.62 bits per heavy atom. The van der Waals surface area contributed by atoms with Gasteiger partial charge in [-0.3, -0.25) is 4.90 Å². The molecule has 114 valence electrons. The van der Waals surface area contributed by atoms with Gasteiger partial charge in [-0.15, -0.1) is 0 Å². The van der Waals surface area contributed by atoms with Crippen molar-refractivity contribution in [3.05, 3.63) is 17.7 Å². The first-order valence-electron chi connectivity index (χ1n) is 7.26. The molecule has 0 atom stereocenters. The zero-order valence-corrected chi connectivity index (χ0v) is 11.8. The topological polar surface area (TPSA) is 68.2 Å². The SMILES string of the molecule is O=C(O)c1cc2c(cc1OCCN1CCCCC1)OCO2. The molecule has 0 saturated carbocycles. The number of nitrogens with zero attached hydrogens (tertiary/aromatic N) is 1. The normalized spacial score (nSPS) is 17.7. The van der Waals surface area contributed by atoms with E-state index in [-0.39, 0.29) is 12.4 Å². The number of ether oxygens (including phenoxy) is 3. The number of rotatable bonds is 5. The second-order valence-electron chi connectivity index (χ2n) is 5.26. The number of hydrogen-bond acceptors (Lipinski definition) is 5. The molecule has 6 nitrogen and oxygen atoms in total. The van der Waals surface area contributed by atoms with Crippen molar-refractivity contribution in [2.75, 3.05) is 33.0 Å². The molecule has 3 rings (SSSR count). The first kappa shape index (κ1) is 14.0. The molecule has 0 aliphatic carbocycles. The van der Waals surface area contributed by atoms with Crippen LogP contribution in [0.1, 0.15) is 29.6 Å². The van der Waals surface area contributed by atoms with Gasteiger partial charge in [-0.05, 0) is 25.9 Å². The highest BCUT2D eigenvalue weighted by Crippen LogP contribution is 2.38. The molecule has 2 heterocycles. The van der Waals surface area contributed by atoms with E-state index in [1.165, 1.54) is 25.3 Å². The van der Waals surface area contributed by atoms with Crippen LogP contribution in [0.5, 0.6) is 17.2 Å². The molecule has 0 radical (unpaired) electrons. The van der Waals surface area contributed by atoms with Crippen LogP contribution in [-0.4, -0.2) is 49.0 Å². The minimum atomic E-state index is -1.03. The fourth-order valence-corrected chi connectivity index (χ4v) is 2.68. The number of carboxylic acid groups (broad SMARTS) is 1. The molecule has 0 aromatic heterocycles. The lowest BCUT2D eigenvalue weighted by Gasteiger charge is -2.26. The summed E-state index contributed by atoms with van der Waals surface area (Å²) in [6.07, 6.45) is 3.75. The lowest BCUT2D eigenvalue weighted by molar-refractivity contribution is 0.0691. The Labute approximate surface area is 123 Å². The maximum Gasteiger partial charge on any atom is 0.339 e. The van der Waals surface area contributed by atoms with E-state index in [1.54, 1.807) is 6.07 Å². The lowest BCUT2D eigenvalue weighted by atomic mass is 10.1. The van der Waals surface area contributed by atoms with Gasteiger partial charge in [-0.2, -0.15) is 0 Å². The van der Waals surface area contributed by atoms with Crippen LogP contribution in [0.2, 0.25) is 0 Å². The van der Waals surface area contributed by atoms with E-state index >= 15 is 0 Å². The quantitative estimate of drug-likeness (QED) is 0.895. The summed E-state index contributed by atoms with van der Waals surface area (Å²) in [5.41, 5.74) is 0.109. The molecule has 1 fully saturated rings. The second-order valence-corrected chi connectivity index (χ2v) is 5.26. The molecule has 6 heteroatoms. The van der Waals surface area contributed by atoms with Gasteiger partial charge < -0.3 is 19.3 Å². The summed E-state index contributed by atoms with van der Waals surface area (Å²) < 4.78 is 16.1. The third-order valence-corrected chi connectivity index (χ3v) is 3.82. The molecule has 0 amide bonds. The van der Waals surface area contributed by atoms with Crippen molar-refractivity contribution >= 4 is 5.97 Å². The Balaban J connectivity index is 1.65. The van der Waals surface area contributed by atoms with Crippen molar-refractivity contribution in [2.45, 2.75) is 19.3 Å². The van der Waals surface area contributed by atoms with E-state index in [9.17, 15) is 9.90 Å². The summed E-state index contributed by atoms with van der Waals surface area (Å²) in [6, 6.07) is 3.06. The van der Waals surface area contributed by atoms with Crippen LogP contribution in [0.3, 0.4) is 0 Å². The van der Waals surface area contributed by atoms with Crippen LogP contribution < -0.4 is 14.2 Å². The molecule has 0 spiro atoms. The molecule has 1 aromatic rings. The Morgan fingerprint density at radius 2 is 1.90 bits per heavy atom. The summed E-state index contributed by atoms with van der Waals surface area (Å²) in [5.74, 6) is 0.300. The maximum atomic E-state index is 11.3. The first-order valence-corrected chi connectivity index (χ1v) is 7.26. The highest BCUT2D eigenvalue weighted by molar-refractivity contribution is 5.92. The van der Waals surface area contributed by atoms with Gasteiger partial charge >= 0.3 is 5.97 Å². The number of aromatic carboxylic acids is 1. The number of likely N-dealkylation sites (tertiary alicyclic amines) is 1. The van der Waals surface area contributed by atoms with Crippen molar-refractivity contribution in [3.8, 4) is 17.2 Å². The molecule has 0 bridgehead atoms. The molecule has 1 aromatic carbocycles. The zero-order chi connectivity index (χ0) is 14.7. The van der Waals surface area contributed by atoms with Crippen molar-refractivity contribution in [1.29, 1.82) is 0 Å². The van der Waals surface area contributed by atoms with Gasteiger partial charge in [0, 0.05) is 18.7 Å². The van der Waals surface area contributed by atoms with Gasteiger partial charge in [-0.25, -0.2) is 4.79 Å². The summed E-state index contributed by atoms with van der Waals surface area (Å²) in [7, 11) is 0. The van der Waals surface area contributed by atoms with Gasteiger partial charge in [-0.1, -0.05) is 6.42 Å². The number of carboxylic acids is 1. The molecule has 2 aliphatic rings. The zero-order valence-electron chi connectivity index (χ0n) is 11.8. The average Bonchev–Trinajstić information content (AvgIpc) is 2.94. The molecular formula is C15H19NO5. The Hall–Kier alpha value is -1.95. The van der Waals surface area contributed by atoms with Crippen LogP contribution in [0.4, 0.5) is 0 Å². The lowest BCUT2D eigenvalue weighted by Crippen LogP contribution is -2.33. The smallest absolute Gasteiger partial charge is 0.339 e. The predicted octanol–water partition coefficient (Wildman–Crippen LogP) is 1.98. The predicted molar refractivity (Wildman–Crippen MR) is 75.3 cm³/mol. The van der Waals surface area contributed by atoms with Crippen molar-refractivity contribution < 1.29 is 24.1 Å². The second kappa shape index (κ2) is 6.22. The average molecular weight is 293 g/mol. The minimum absolute atomic E-state index is 0.109.